The molecule has 0 bridgehead atoms. The fourth-order valence-electron chi connectivity index (χ4n) is 2.42. The maximum Gasteiger partial charge on any atom is 0.0786 e. The van der Waals surface area contributed by atoms with Crippen LogP contribution in [0.5, 0.6) is 0 Å². The zero-order chi connectivity index (χ0) is 11.6. The molecule has 0 atom stereocenters. The minimum absolute atomic E-state index is 1.37. The maximum absolute atomic E-state index is 6.25. The molecule has 1 rings (SSSR count). The quantitative estimate of drug-likeness (QED) is 0.375. The average Bonchev–Trinajstić information content (AvgIpc) is 2.68. The molecule has 0 unspecified atom stereocenters. The molecule has 0 radical (unpaired) electrons. The van der Waals surface area contributed by atoms with Crippen LogP contribution in [0.3, 0.4) is 0 Å². The Bertz CT molecular complexity index is 157. The molecule has 2 nitrogen and oxygen atoms in total. The van der Waals surface area contributed by atoms with E-state index in [9.17, 15) is 0 Å². The van der Waals surface area contributed by atoms with Gasteiger partial charge in [-0.15, -0.1) is 0 Å². The molecule has 0 aromatic rings. The third-order valence-corrected chi connectivity index (χ3v) is 3.45. The van der Waals surface area contributed by atoms with Crippen molar-refractivity contribution in [2.75, 3.05) is 26.7 Å². The van der Waals surface area contributed by atoms with Crippen LogP contribution in [0.4, 0.5) is 0 Å². The van der Waals surface area contributed by atoms with Crippen molar-refractivity contribution in [3.63, 3.8) is 0 Å². The second-order valence-corrected chi connectivity index (χ2v) is 4.91. The summed E-state index contributed by atoms with van der Waals surface area (Å²) in [5, 5.41) is 6.25. The Morgan fingerprint density at radius 1 is 1.00 bits per heavy atom. The number of hydrogen-bond donors (Lipinski definition) is 0. The highest BCUT2D eigenvalue weighted by atomic mass is 15.3. The molecule has 0 aromatic carbocycles. The van der Waals surface area contributed by atoms with E-state index in [4.69, 9.17) is 11.8 Å². The van der Waals surface area contributed by atoms with E-state index in [1.807, 2.05) is 0 Å². The second kappa shape index (κ2) is 8.73. The van der Waals surface area contributed by atoms with Gasteiger partial charge in [-0.05, 0) is 12.8 Å². The number of nitrogens with zero attached hydrogens (tertiary/aromatic N) is 2. The van der Waals surface area contributed by atoms with E-state index in [0.717, 1.165) is 0 Å². The molecule has 1 fully saturated rings. The van der Waals surface area contributed by atoms with E-state index < -0.39 is 0 Å². The SMILES string of the molecule is CCCCCCC[N+]1(C)CCCC1.[C-]#N. The smallest absolute Gasteiger partial charge is 0.0786 e. The zero-order valence-corrected chi connectivity index (χ0v) is 10.5. The predicted octanol–water partition coefficient (Wildman–Crippen LogP) is 3.29. The highest BCUT2D eigenvalue weighted by Crippen LogP contribution is 2.17. The lowest BCUT2D eigenvalue weighted by molar-refractivity contribution is -0.897. The molecule has 1 aliphatic heterocycles. The molecule has 15 heavy (non-hydrogen) atoms. The first-order valence-corrected chi connectivity index (χ1v) is 6.33. The lowest BCUT2D eigenvalue weighted by Crippen LogP contribution is -2.41. The van der Waals surface area contributed by atoms with E-state index in [1.165, 1.54) is 69.1 Å². The summed E-state index contributed by atoms with van der Waals surface area (Å²) in [5.74, 6) is 0. The van der Waals surface area contributed by atoms with Gasteiger partial charge in [-0.2, -0.15) is 0 Å². The van der Waals surface area contributed by atoms with E-state index in [2.05, 4.69) is 14.0 Å². The summed E-state index contributed by atoms with van der Waals surface area (Å²) in [6.07, 6.45) is 10.1. The molecule has 2 heteroatoms. The molecule has 0 aliphatic carbocycles. The molecule has 88 valence electrons. The Balaban J connectivity index is 0.000000921. The molecule has 0 saturated carbocycles. The number of quaternary nitrogens is 1. The van der Waals surface area contributed by atoms with Crippen molar-refractivity contribution in [3.05, 3.63) is 6.57 Å². The van der Waals surface area contributed by atoms with Gasteiger partial charge in [0.2, 0.25) is 0 Å². The van der Waals surface area contributed by atoms with Crippen LogP contribution in [0, 0.1) is 11.8 Å². The highest BCUT2D eigenvalue weighted by molar-refractivity contribution is 4.52. The summed E-state index contributed by atoms with van der Waals surface area (Å²) in [5.41, 5.74) is 0. The van der Waals surface area contributed by atoms with Gasteiger partial charge in [0.05, 0.1) is 26.7 Å². The Morgan fingerprint density at radius 2 is 1.53 bits per heavy atom. The summed E-state index contributed by atoms with van der Waals surface area (Å²) in [6.45, 7) is 11.3. The summed E-state index contributed by atoms with van der Waals surface area (Å²) < 4.78 is 1.37. The van der Waals surface area contributed by atoms with Crippen molar-refractivity contribution in [1.82, 2.24) is 0 Å². The van der Waals surface area contributed by atoms with Crippen molar-refractivity contribution >= 4 is 0 Å². The molecule has 1 aliphatic rings. The van der Waals surface area contributed by atoms with Crippen molar-refractivity contribution in [1.29, 1.82) is 5.26 Å². The minimum atomic E-state index is 1.37. The van der Waals surface area contributed by atoms with Crippen LogP contribution in [0.1, 0.15) is 51.9 Å². The molecular weight excluding hydrogens is 184 g/mol. The third-order valence-electron chi connectivity index (χ3n) is 3.45. The number of rotatable bonds is 6. The molecule has 1 saturated heterocycles. The fraction of sp³-hybridized carbons (Fsp3) is 0.923. The van der Waals surface area contributed by atoms with Crippen molar-refractivity contribution in [2.45, 2.75) is 51.9 Å². The summed E-state index contributed by atoms with van der Waals surface area (Å²) in [7, 11) is 2.44. The van der Waals surface area contributed by atoms with E-state index >= 15 is 0 Å². The summed E-state index contributed by atoms with van der Waals surface area (Å²) >= 11 is 0. The van der Waals surface area contributed by atoms with Crippen LogP contribution in [-0.2, 0) is 0 Å². The predicted molar refractivity (Wildman–Crippen MR) is 63.7 cm³/mol. The first-order valence-electron chi connectivity index (χ1n) is 6.33. The van der Waals surface area contributed by atoms with Gasteiger partial charge in [0.1, 0.15) is 0 Å². The zero-order valence-electron chi connectivity index (χ0n) is 10.5. The van der Waals surface area contributed by atoms with Gasteiger partial charge in [-0.1, -0.05) is 26.2 Å². The Morgan fingerprint density at radius 3 is 2.07 bits per heavy atom. The lowest BCUT2D eigenvalue weighted by Gasteiger charge is -2.29. The van der Waals surface area contributed by atoms with Gasteiger partial charge in [0, 0.05) is 12.8 Å². The van der Waals surface area contributed by atoms with Crippen LogP contribution in [0.2, 0.25) is 0 Å². The first kappa shape index (κ1) is 14.5. The van der Waals surface area contributed by atoms with E-state index in [1.54, 1.807) is 0 Å². The van der Waals surface area contributed by atoms with Gasteiger partial charge in [-0.3, -0.25) is 0 Å². The van der Waals surface area contributed by atoms with Crippen molar-refractivity contribution in [3.8, 4) is 0 Å². The van der Waals surface area contributed by atoms with Gasteiger partial charge < -0.3 is 16.3 Å². The van der Waals surface area contributed by atoms with Gasteiger partial charge in [0.25, 0.3) is 0 Å². The molecule has 1 heterocycles. The highest BCUT2D eigenvalue weighted by Gasteiger charge is 2.25. The summed E-state index contributed by atoms with van der Waals surface area (Å²) in [4.78, 5) is 0. The topological polar surface area (TPSA) is 23.8 Å². The second-order valence-electron chi connectivity index (χ2n) is 4.91. The van der Waals surface area contributed by atoms with Gasteiger partial charge >= 0.3 is 0 Å². The molecule has 0 N–H and O–H groups in total. The summed E-state index contributed by atoms with van der Waals surface area (Å²) in [6, 6.07) is 0. The molecule has 0 amide bonds. The van der Waals surface area contributed by atoms with E-state index in [-0.39, 0.29) is 0 Å². The van der Waals surface area contributed by atoms with Crippen LogP contribution in [-0.4, -0.2) is 31.2 Å². The first-order chi connectivity index (χ1) is 7.27. The standard InChI is InChI=1S/C12H26N.CN/c1-3-4-5-6-7-10-13(2)11-8-9-12-13;1-2/h3-12H2,1-2H3;/q+1;-1. The van der Waals surface area contributed by atoms with Crippen LogP contribution >= 0.6 is 0 Å². The Labute approximate surface area is 95.5 Å². The van der Waals surface area contributed by atoms with E-state index in [0.29, 0.717) is 0 Å². The molecular formula is C13H26N2. The Kier molecular flexibility index (Phi) is 8.41. The fourth-order valence-corrected chi connectivity index (χ4v) is 2.42. The Hall–Kier alpha value is -0.550. The van der Waals surface area contributed by atoms with Crippen molar-refractivity contribution in [2.24, 2.45) is 0 Å². The lowest BCUT2D eigenvalue weighted by atomic mass is 10.1. The average molecular weight is 210 g/mol. The largest absolute Gasteiger partial charge is 0.512 e. The normalized spacial score (nSPS) is 18.1. The minimum Gasteiger partial charge on any atom is -0.512 e. The van der Waals surface area contributed by atoms with Crippen LogP contribution in [0.25, 0.3) is 0 Å². The third kappa shape index (κ3) is 6.52. The van der Waals surface area contributed by atoms with Crippen molar-refractivity contribution < 1.29 is 4.48 Å². The van der Waals surface area contributed by atoms with Gasteiger partial charge in [-0.25, -0.2) is 0 Å². The van der Waals surface area contributed by atoms with Crippen LogP contribution in [0.15, 0.2) is 0 Å². The number of unbranched alkanes of at least 4 members (excludes halogenated alkanes) is 4. The van der Waals surface area contributed by atoms with Gasteiger partial charge in [0.15, 0.2) is 0 Å². The number of likely N-dealkylation sites (tertiary alicyclic amines) is 1. The molecule has 0 aromatic heterocycles. The number of hydrogen-bond acceptors (Lipinski definition) is 1. The maximum atomic E-state index is 6.25. The molecule has 0 spiro atoms. The van der Waals surface area contributed by atoms with Crippen LogP contribution < -0.4 is 0 Å². The monoisotopic (exact) mass is 210 g/mol.